The molecule has 0 saturated carbocycles. The van der Waals surface area contributed by atoms with Crippen molar-refractivity contribution in [2.45, 2.75) is 0 Å². The molecule has 0 spiro atoms. The van der Waals surface area contributed by atoms with Gasteiger partial charge in [0, 0.05) is 5.56 Å². The summed E-state index contributed by atoms with van der Waals surface area (Å²) in [5, 5.41) is 10.1. The molecule has 0 aliphatic heterocycles. The molecule has 0 radical (unpaired) electrons. The second-order valence-electron chi connectivity index (χ2n) is 5.70. The summed E-state index contributed by atoms with van der Waals surface area (Å²) < 4.78 is 16.4. The van der Waals surface area contributed by atoms with Crippen LogP contribution in [-0.4, -0.2) is 29.4 Å². The van der Waals surface area contributed by atoms with Crippen LogP contribution in [0.2, 0.25) is 5.02 Å². The maximum absolute atomic E-state index is 13.2. The van der Waals surface area contributed by atoms with Gasteiger partial charge in [0.2, 0.25) is 0 Å². The standard InChI is InChI=1S/C18H10ClFN6/c19-15-4-2-1-3-13(15)16-23-18-14-9-22-26(12-7-5-11(20)6-8-12)17(14)21-10-25(18)24-16/h1-10H. The highest BCUT2D eigenvalue weighted by molar-refractivity contribution is 6.33. The molecule has 0 N–H and O–H groups in total. The van der Waals surface area contributed by atoms with E-state index in [-0.39, 0.29) is 5.82 Å². The van der Waals surface area contributed by atoms with Crippen LogP contribution in [0.1, 0.15) is 0 Å². The monoisotopic (exact) mass is 364 g/mol. The highest BCUT2D eigenvalue weighted by atomic mass is 35.5. The Bertz CT molecular complexity index is 1260. The molecule has 2 aromatic carbocycles. The molecule has 0 unspecified atom stereocenters. The Morgan fingerprint density at radius 3 is 2.58 bits per heavy atom. The van der Waals surface area contributed by atoms with E-state index in [1.165, 1.54) is 12.1 Å². The Hall–Kier alpha value is -3.32. The maximum Gasteiger partial charge on any atom is 0.183 e. The summed E-state index contributed by atoms with van der Waals surface area (Å²) >= 11 is 6.25. The number of rotatable bonds is 2. The predicted molar refractivity (Wildman–Crippen MR) is 95.8 cm³/mol. The summed E-state index contributed by atoms with van der Waals surface area (Å²) in [6.07, 6.45) is 3.25. The van der Waals surface area contributed by atoms with Crippen LogP contribution in [0.5, 0.6) is 0 Å². The Morgan fingerprint density at radius 1 is 0.962 bits per heavy atom. The third kappa shape index (κ3) is 2.25. The highest BCUT2D eigenvalue weighted by Gasteiger charge is 2.15. The summed E-state index contributed by atoms with van der Waals surface area (Å²) in [5.41, 5.74) is 2.70. The first kappa shape index (κ1) is 15.0. The number of aromatic nitrogens is 6. The second kappa shape index (κ2) is 5.60. The van der Waals surface area contributed by atoms with E-state index < -0.39 is 0 Å². The van der Waals surface area contributed by atoms with Gasteiger partial charge in [0.25, 0.3) is 0 Å². The van der Waals surface area contributed by atoms with Crippen LogP contribution in [0, 0.1) is 5.82 Å². The third-order valence-corrected chi connectivity index (χ3v) is 4.42. The van der Waals surface area contributed by atoms with Gasteiger partial charge in [-0.2, -0.15) is 5.10 Å². The Balaban J connectivity index is 1.71. The molecule has 126 valence electrons. The normalized spacial score (nSPS) is 11.5. The number of halogens is 2. The number of benzene rings is 2. The Kier molecular flexibility index (Phi) is 3.23. The molecule has 5 rings (SSSR count). The first-order chi connectivity index (χ1) is 12.7. The molecule has 6 nitrogen and oxygen atoms in total. The van der Waals surface area contributed by atoms with E-state index in [2.05, 4.69) is 20.2 Å². The zero-order valence-corrected chi connectivity index (χ0v) is 14.0. The molecule has 0 aliphatic carbocycles. The van der Waals surface area contributed by atoms with Crippen LogP contribution in [0.25, 0.3) is 33.8 Å². The van der Waals surface area contributed by atoms with Crippen molar-refractivity contribution in [1.29, 1.82) is 0 Å². The average Bonchev–Trinajstić information content (AvgIpc) is 3.26. The van der Waals surface area contributed by atoms with Gasteiger partial charge in [-0.15, -0.1) is 5.10 Å². The topological polar surface area (TPSA) is 60.9 Å². The van der Waals surface area contributed by atoms with Crippen molar-refractivity contribution in [1.82, 2.24) is 29.4 Å². The molecule has 0 saturated heterocycles. The molecule has 0 bridgehead atoms. The second-order valence-corrected chi connectivity index (χ2v) is 6.11. The first-order valence-corrected chi connectivity index (χ1v) is 8.18. The SMILES string of the molecule is Fc1ccc(-n2ncc3c2ncn2nc(-c4ccccc4Cl)nc32)cc1. The molecule has 3 heterocycles. The molecule has 3 aromatic heterocycles. The van der Waals surface area contributed by atoms with E-state index in [1.807, 2.05) is 18.2 Å². The van der Waals surface area contributed by atoms with E-state index >= 15 is 0 Å². The van der Waals surface area contributed by atoms with E-state index in [0.717, 1.165) is 10.9 Å². The van der Waals surface area contributed by atoms with Crippen LogP contribution in [-0.2, 0) is 0 Å². The van der Waals surface area contributed by atoms with Crippen molar-refractivity contribution in [2.75, 3.05) is 0 Å². The molecule has 0 atom stereocenters. The van der Waals surface area contributed by atoms with Crippen molar-refractivity contribution >= 4 is 28.3 Å². The molecule has 0 fully saturated rings. The van der Waals surface area contributed by atoms with E-state index in [9.17, 15) is 4.39 Å². The minimum Gasteiger partial charge on any atom is -0.216 e. The van der Waals surface area contributed by atoms with Crippen LogP contribution in [0.15, 0.2) is 61.1 Å². The van der Waals surface area contributed by atoms with Crippen LogP contribution < -0.4 is 0 Å². The quantitative estimate of drug-likeness (QED) is 0.476. The minimum atomic E-state index is -0.303. The van der Waals surface area contributed by atoms with Crippen LogP contribution >= 0.6 is 11.6 Å². The molecule has 5 aromatic rings. The Labute approximate surface area is 151 Å². The van der Waals surface area contributed by atoms with Gasteiger partial charge in [-0.25, -0.2) is 23.6 Å². The van der Waals surface area contributed by atoms with Gasteiger partial charge in [0.15, 0.2) is 17.1 Å². The fraction of sp³-hybridized carbons (Fsp3) is 0. The fourth-order valence-corrected chi connectivity index (χ4v) is 3.07. The number of hydrogen-bond donors (Lipinski definition) is 0. The van der Waals surface area contributed by atoms with Crippen LogP contribution in [0.4, 0.5) is 4.39 Å². The van der Waals surface area contributed by atoms with E-state index in [4.69, 9.17) is 11.6 Å². The summed E-state index contributed by atoms with van der Waals surface area (Å²) in [5.74, 6) is 0.210. The average molecular weight is 365 g/mol. The lowest BCUT2D eigenvalue weighted by molar-refractivity contribution is 0.627. The largest absolute Gasteiger partial charge is 0.216 e. The lowest BCUT2D eigenvalue weighted by Crippen LogP contribution is -1.99. The fourth-order valence-electron chi connectivity index (χ4n) is 2.85. The van der Waals surface area contributed by atoms with Crippen molar-refractivity contribution in [3.05, 3.63) is 71.9 Å². The Morgan fingerprint density at radius 2 is 1.77 bits per heavy atom. The molecule has 26 heavy (non-hydrogen) atoms. The predicted octanol–water partition coefficient (Wildman–Crippen LogP) is 3.92. The molecule has 8 heteroatoms. The zero-order chi connectivity index (χ0) is 17.7. The summed E-state index contributed by atoms with van der Waals surface area (Å²) in [6.45, 7) is 0. The van der Waals surface area contributed by atoms with Crippen LogP contribution in [0.3, 0.4) is 0 Å². The van der Waals surface area contributed by atoms with E-state index in [0.29, 0.717) is 27.8 Å². The number of nitrogens with zero attached hydrogens (tertiary/aromatic N) is 6. The number of fused-ring (bicyclic) bond motifs is 3. The summed E-state index contributed by atoms with van der Waals surface area (Å²) in [4.78, 5) is 9.04. The first-order valence-electron chi connectivity index (χ1n) is 7.81. The van der Waals surface area contributed by atoms with Gasteiger partial charge in [-0.3, -0.25) is 0 Å². The van der Waals surface area contributed by atoms with Crippen molar-refractivity contribution < 1.29 is 4.39 Å². The van der Waals surface area contributed by atoms with Crippen molar-refractivity contribution in [3.63, 3.8) is 0 Å². The molecular formula is C18H10ClFN6. The van der Waals surface area contributed by atoms with Gasteiger partial charge in [0.05, 0.1) is 22.3 Å². The van der Waals surface area contributed by atoms with E-state index in [1.54, 1.807) is 39.9 Å². The maximum atomic E-state index is 13.2. The van der Waals surface area contributed by atoms with Gasteiger partial charge in [-0.1, -0.05) is 23.7 Å². The minimum absolute atomic E-state index is 0.303. The number of hydrogen-bond acceptors (Lipinski definition) is 4. The van der Waals surface area contributed by atoms with Gasteiger partial charge in [-0.05, 0) is 36.4 Å². The van der Waals surface area contributed by atoms with Gasteiger partial charge < -0.3 is 0 Å². The lowest BCUT2D eigenvalue weighted by atomic mass is 10.2. The lowest BCUT2D eigenvalue weighted by Gasteiger charge is -2.02. The zero-order valence-electron chi connectivity index (χ0n) is 13.2. The molecule has 0 aliphatic rings. The third-order valence-electron chi connectivity index (χ3n) is 4.09. The highest BCUT2D eigenvalue weighted by Crippen LogP contribution is 2.27. The van der Waals surface area contributed by atoms with Crippen molar-refractivity contribution in [2.24, 2.45) is 0 Å². The summed E-state index contributed by atoms with van der Waals surface area (Å²) in [7, 11) is 0. The summed E-state index contributed by atoms with van der Waals surface area (Å²) in [6, 6.07) is 13.5. The van der Waals surface area contributed by atoms with Gasteiger partial charge >= 0.3 is 0 Å². The smallest absolute Gasteiger partial charge is 0.183 e. The molecular weight excluding hydrogens is 355 g/mol. The van der Waals surface area contributed by atoms with Gasteiger partial charge in [0.1, 0.15) is 12.1 Å². The van der Waals surface area contributed by atoms with Crippen molar-refractivity contribution in [3.8, 4) is 17.1 Å². The molecule has 0 amide bonds.